The first-order valence-electron chi connectivity index (χ1n) is 9.44. The van der Waals surface area contributed by atoms with E-state index < -0.39 is 43.5 Å². The summed E-state index contributed by atoms with van der Waals surface area (Å²) in [6.07, 6.45) is -1.39. The second-order valence-corrected chi connectivity index (χ2v) is 10.5. The minimum Gasteiger partial charge on any atom is -0.312 e. The molecule has 0 saturated heterocycles. The van der Waals surface area contributed by atoms with Crippen LogP contribution in [0, 0.1) is 20.2 Å². The van der Waals surface area contributed by atoms with Crippen LogP contribution in [-0.4, -0.2) is 54.7 Å². The van der Waals surface area contributed by atoms with Gasteiger partial charge in [-0.25, -0.2) is 0 Å². The summed E-state index contributed by atoms with van der Waals surface area (Å²) in [4.78, 5) is 29.4. The van der Waals surface area contributed by atoms with E-state index in [4.69, 9.17) is 18.1 Å². The Balaban J connectivity index is 5.59. The van der Waals surface area contributed by atoms with Crippen molar-refractivity contribution in [1.82, 2.24) is 0 Å². The van der Waals surface area contributed by atoms with Gasteiger partial charge < -0.3 is 27.8 Å². The van der Waals surface area contributed by atoms with Crippen molar-refractivity contribution in [2.24, 2.45) is 0 Å². The standard InChI is InChI=1S/C14H30N2O12P2/c1-5-24-29(21,25-6-2)14(30(22,26-7-3)27-8-4)11-9-10-13(28-16(19)20)12-23-15(17)18/h13-14H,5-12H2,1-4H3/t13-/m1/s1. The van der Waals surface area contributed by atoms with Gasteiger partial charge in [-0.3, -0.25) is 9.13 Å². The van der Waals surface area contributed by atoms with E-state index in [0.29, 0.717) is 0 Å². The van der Waals surface area contributed by atoms with Crippen LogP contribution in [0.5, 0.6) is 0 Å². The maximum absolute atomic E-state index is 13.3. The molecule has 0 heterocycles. The Kier molecular flexibility index (Phi) is 14.0. The zero-order valence-corrected chi connectivity index (χ0v) is 19.3. The molecule has 30 heavy (non-hydrogen) atoms. The molecule has 0 amide bonds. The zero-order valence-electron chi connectivity index (χ0n) is 17.5. The third-order valence-electron chi connectivity index (χ3n) is 3.56. The molecule has 16 heteroatoms. The van der Waals surface area contributed by atoms with E-state index in [9.17, 15) is 29.4 Å². The monoisotopic (exact) mass is 480 g/mol. The first kappa shape index (κ1) is 28.7. The molecule has 0 aliphatic rings. The Morgan fingerprint density at radius 2 is 1.20 bits per heavy atom. The molecular weight excluding hydrogens is 450 g/mol. The van der Waals surface area contributed by atoms with E-state index in [1.165, 1.54) is 0 Å². The lowest BCUT2D eigenvalue weighted by molar-refractivity contribution is -0.790. The molecule has 178 valence electrons. The van der Waals surface area contributed by atoms with Crippen molar-refractivity contribution in [2.45, 2.75) is 58.5 Å². The third kappa shape index (κ3) is 10.1. The summed E-state index contributed by atoms with van der Waals surface area (Å²) >= 11 is 0. The fourth-order valence-electron chi connectivity index (χ4n) is 2.59. The summed E-state index contributed by atoms with van der Waals surface area (Å²) in [5.41, 5.74) is 0. The second-order valence-electron chi connectivity index (χ2n) is 5.63. The van der Waals surface area contributed by atoms with Gasteiger partial charge in [0.05, 0.1) is 26.4 Å². The van der Waals surface area contributed by atoms with Crippen molar-refractivity contribution in [3.05, 3.63) is 20.2 Å². The SMILES string of the molecule is CCOP(=O)(OCC)C(CCC[C@H](CO[N+](=O)[O-])O[N+](=O)[O-])P(=O)(OCC)OCC. The zero-order chi connectivity index (χ0) is 23.2. The van der Waals surface area contributed by atoms with Gasteiger partial charge in [0, 0.05) is 0 Å². The van der Waals surface area contributed by atoms with Gasteiger partial charge in [-0.2, -0.15) is 0 Å². The molecule has 0 rings (SSSR count). The van der Waals surface area contributed by atoms with Crippen LogP contribution in [0.2, 0.25) is 0 Å². The molecule has 0 aromatic carbocycles. The summed E-state index contributed by atoms with van der Waals surface area (Å²) in [6.45, 7) is 5.71. The maximum atomic E-state index is 13.3. The highest BCUT2D eigenvalue weighted by atomic mass is 31.2. The van der Waals surface area contributed by atoms with E-state index in [1.54, 1.807) is 27.7 Å². The van der Waals surface area contributed by atoms with Gasteiger partial charge in [0.25, 0.3) is 10.2 Å². The maximum Gasteiger partial charge on any atom is 0.345 e. The fourth-order valence-corrected chi connectivity index (χ4v) is 8.05. The normalized spacial score (nSPS) is 13.2. The molecule has 14 nitrogen and oxygen atoms in total. The van der Waals surface area contributed by atoms with E-state index in [-0.39, 0.29) is 45.7 Å². The van der Waals surface area contributed by atoms with Gasteiger partial charge in [0.15, 0.2) is 5.40 Å². The Morgan fingerprint density at radius 1 is 0.767 bits per heavy atom. The number of hydrogen-bond donors (Lipinski definition) is 0. The smallest absolute Gasteiger partial charge is 0.312 e. The molecule has 0 radical (unpaired) electrons. The molecule has 0 fully saturated rings. The van der Waals surface area contributed by atoms with E-state index in [1.807, 2.05) is 0 Å². The Labute approximate surface area is 174 Å². The minimum atomic E-state index is -3.96. The van der Waals surface area contributed by atoms with Crippen molar-refractivity contribution in [3.8, 4) is 0 Å². The largest absolute Gasteiger partial charge is 0.345 e. The van der Waals surface area contributed by atoms with E-state index >= 15 is 0 Å². The molecule has 1 atom stereocenters. The van der Waals surface area contributed by atoms with Crippen LogP contribution in [0.15, 0.2) is 0 Å². The second kappa shape index (κ2) is 14.7. The highest BCUT2D eigenvalue weighted by molar-refractivity contribution is 7.72. The van der Waals surface area contributed by atoms with Gasteiger partial charge in [-0.15, -0.1) is 20.2 Å². The predicted octanol–water partition coefficient (Wildman–Crippen LogP) is 3.80. The van der Waals surface area contributed by atoms with Crippen LogP contribution >= 0.6 is 15.2 Å². The first-order chi connectivity index (χ1) is 14.1. The Hall–Kier alpha value is -1.30. The van der Waals surface area contributed by atoms with E-state index in [2.05, 4.69) is 9.68 Å². The lowest BCUT2D eigenvalue weighted by atomic mass is 10.2. The lowest BCUT2D eigenvalue weighted by Gasteiger charge is -2.31. The van der Waals surface area contributed by atoms with Crippen molar-refractivity contribution in [2.75, 3.05) is 33.0 Å². The van der Waals surface area contributed by atoms with Gasteiger partial charge in [0.2, 0.25) is 0 Å². The lowest BCUT2D eigenvalue weighted by Crippen LogP contribution is -2.25. The summed E-state index contributed by atoms with van der Waals surface area (Å²) in [5, 5.41) is 17.4. The molecule has 0 unspecified atom stereocenters. The molecule has 0 aromatic heterocycles. The summed E-state index contributed by atoms with van der Waals surface area (Å²) in [7, 11) is -7.91. The van der Waals surface area contributed by atoms with Crippen LogP contribution in [0.1, 0.15) is 47.0 Å². The molecule has 0 aliphatic heterocycles. The highest BCUT2D eigenvalue weighted by Crippen LogP contribution is 2.71. The Morgan fingerprint density at radius 3 is 1.53 bits per heavy atom. The fraction of sp³-hybridized carbons (Fsp3) is 1.00. The summed E-state index contributed by atoms with van der Waals surface area (Å²) < 4.78 is 48.0. The Bertz CT molecular complexity index is 570. The van der Waals surface area contributed by atoms with Crippen LogP contribution in [0.4, 0.5) is 0 Å². The van der Waals surface area contributed by atoms with Gasteiger partial charge in [0.1, 0.15) is 12.7 Å². The molecule has 0 saturated carbocycles. The van der Waals surface area contributed by atoms with Crippen LogP contribution in [0.3, 0.4) is 0 Å². The number of nitrogens with zero attached hydrogens (tertiary/aromatic N) is 2. The van der Waals surface area contributed by atoms with Crippen molar-refractivity contribution >= 4 is 15.2 Å². The predicted molar refractivity (Wildman–Crippen MR) is 104 cm³/mol. The summed E-state index contributed by atoms with van der Waals surface area (Å²) in [6, 6.07) is 0. The topological polar surface area (TPSA) is 176 Å². The van der Waals surface area contributed by atoms with Gasteiger partial charge >= 0.3 is 15.2 Å². The molecule has 0 aliphatic carbocycles. The van der Waals surface area contributed by atoms with Crippen LogP contribution in [0.25, 0.3) is 0 Å². The van der Waals surface area contributed by atoms with Crippen LogP contribution < -0.4 is 0 Å². The van der Waals surface area contributed by atoms with Gasteiger partial charge in [-0.05, 0) is 47.0 Å². The quantitative estimate of drug-likeness (QED) is 0.149. The molecule has 0 bridgehead atoms. The molecule has 0 spiro atoms. The molecule has 0 aromatic rings. The summed E-state index contributed by atoms with van der Waals surface area (Å²) in [5.74, 6) is 0. The molecular formula is C14H30N2O12P2. The van der Waals surface area contributed by atoms with Crippen molar-refractivity contribution in [1.29, 1.82) is 0 Å². The van der Waals surface area contributed by atoms with E-state index in [0.717, 1.165) is 0 Å². The average molecular weight is 480 g/mol. The third-order valence-corrected chi connectivity index (χ3v) is 9.70. The van der Waals surface area contributed by atoms with Gasteiger partial charge in [-0.1, -0.05) is 0 Å². The molecule has 0 N–H and O–H groups in total. The highest BCUT2D eigenvalue weighted by Gasteiger charge is 2.50. The van der Waals surface area contributed by atoms with Crippen molar-refractivity contribution in [3.63, 3.8) is 0 Å². The number of hydrogen-bond acceptors (Lipinski definition) is 12. The average Bonchev–Trinajstić information content (AvgIpc) is 2.63. The first-order valence-corrected chi connectivity index (χ1v) is 12.7. The number of rotatable bonds is 19. The minimum absolute atomic E-state index is 0.00968. The van der Waals surface area contributed by atoms with Crippen molar-refractivity contribution < 1.29 is 47.1 Å². The van der Waals surface area contributed by atoms with Crippen LogP contribution in [-0.2, 0) is 36.9 Å².